The van der Waals surface area contributed by atoms with E-state index in [1.165, 1.54) is 5.56 Å². The molecule has 0 aromatic heterocycles. The third-order valence-electron chi connectivity index (χ3n) is 5.01. The highest BCUT2D eigenvalue weighted by Crippen LogP contribution is 2.28. The minimum Gasteiger partial charge on any atom is -0.484 e. The molecule has 2 N–H and O–H groups in total. The van der Waals surface area contributed by atoms with Crippen molar-refractivity contribution in [3.8, 4) is 5.75 Å². The summed E-state index contributed by atoms with van der Waals surface area (Å²) in [4.78, 5) is 23.8. The number of rotatable bonds is 8. The van der Waals surface area contributed by atoms with Gasteiger partial charge < -0.3 is 15.4 Å². The summed E-state index contributed by atoms with van der Waals surface area (Å²) < 4.78 is 5.60. The van der Waals surface area contributed by atoms with Crippen LogP contribution < -0.4 is 15.4 Å². The van der Waals surface area contributed by atoms with Crippen LogP contribution in [0.1, 0.15) is 51.7 Å². The highest BCUT2D eigenvalue weighted by Gasteiger charge is 2.17. The molecule has 0 saturated carbocycles. The Bertz CT molecular complexity index is 826. The monoisotopic (exact) mass is 382 g/mol. The molecular formula is C23H30N2O3. The number of aryl methyl sites for hydroxylation is 1. The minimum atomic E-state index is -0.255. The highest BCUT2D eigenvalue weighted by molar-refractivity contribution is 5.95. The van der Waals surface area contributed by atoms with Crippen LogP contribution in [0.4, 0.5) is 11.4 Å². The summed E-state index contributed by atoms with van der Waals surface area (Å²) in [5, 5.41) is 5.63. The Hall–Kier alpha value is -2.82. The normalized spacial score (nSPS) is 11.0. The third kappa shape index (κ3) is 5.84. The Morgan fingerprint density at radius 3 is 2.25 bits per heavy atom. The van der Waals surface area contributed by atoms with Gasteiger partial charge in [-0.05, 0) is 54.2 Å². The van der Waals surface area contributed by atoms with Crippen molar-refractivity contribution in [2.75, 3.05) is 17.2 Å². The zero-order valence-corrected chi connectivity index (χ0v) is 17.4. The molecule has 0 saturated heterocycles. The molecule has 2 rings (SSSR count). The van der Waals surface area contributed by atoms with Crippen LogP contribution in [0.25, 0.3) is 0 Å². The molecule has 150 valence electrons. The fourth-order valence-electron chi connectivity index (χ4n) is 2.63. The number of hydrogen-bond donors (Lipinski definition) is 2. The van der Waals surface area contributed by atoms with Gasteiger partial charge in [0.2, 0.25) is 5.91 Å². The number of anilines is 2. The van der Waals surface area contributed by atoms with E-state index in [2.05, 4.69) is 31.4 Å². The summed E-state index contributed by atoms with van der Waals surface area (Å²) in [5.74, 6) is 0.338. The predicted molar refractivity (Wildman–Crippen MR) is 114 cm³/mol. The van der Waals surface area contributed by atoms with Crippen LogP contribution in [0.15, 0.2) is 42.5 Å². The van der Waals surface area contributed by atoms with Crippen LogP contribution in [0, 0.1) is 6.92 Å². The van der Waals surface area contributed by atoms with Crippen molar-refractivity contribution in [3.05, 3.63) is 53.6 Å². The van der Waals surface area contributed by atoms with E-state index >= 15 is 0 Å². The van der Waals surface area contributed by atoms with E-state index in [9.17, 15) is 9.59 Å². The van der Waals surface area contributed by atoms with Gasteiger partial charge in [-0.1, -0.05) is 45.9 Å². The van der Waals surface area contributed by atoms with E-state index in [1.807, 2.05) is 37.3 Å². The lowest BCUT2D eigenvalue weighted by Crippen LogP contribution is -2.20. The maximum absolute atomic E-state index is 12.2. The second kappa shape index (κ2) is 9.40. The zero-order valence-electron chi connectivity index (χ0n) is 17.4. The largest absolute Gasteiger partial charge is 0.484 e. The summed E-state index contributed by atoms with van der Waals surface area (Å²) >= 11 is 0. The molecule has 5 heteroatoms. The Labute approximate surface area is 167 Å². The van der Waals surface area contributed by atoms with E-state index in [1.54, 1.807) is 19.1 Å². The predicted octanol–water partition coefficient (Wildman–Crippen LogP) is 5.05. The average molecular weight is 383 g/mol. The number of hydrogen-bond acceptors (Lipinski definition) is 3. The third-order valence-corrected chi connectivity index (χ3v) is 5.01. The number of carbonyl (C=O) groups is 2. The van der Waals surface area contributed by atoms with Gasteiger partial charge in [-0.15, -0.1) is 0 Å². The van der Waals surface area contributed by atoms with E-state index in [4.69, 9.17) is 4.74 Å². The second-order valence-corrected chi connectivity index (χ2v) is 7.53. The maximum atomic E-state index is 12.2. The van der Waals surface area contributed by atoms with Gasteiger partial charge in [0.05, 0.1) is 0 Å². The van der Waals surface area contributed by atoms with Crippen molar-refractivity contribution >= 4 is 23.2 Å². The van der Waals surface area contributed by atoms with Gasteiger partial charge in [0.1, 0.15) is 5.75 Å². The molecular weight excluding hydrogens is 352 g/mol. The Morgan fingerprint density at radius 1 is 0.964 bits per heavy atom. The van der Waals surface area contributed by atoms with E-state index in [0.717, 1.165) is 12.0 Å². The van der Waals surface area contributed by atoms with Crippen molar-refractivity contribution in [2.45, 2.75) is 52.9 Å². The van der Waals surface area contributed by atoms with Crippen LogP contribution in [0.3, 0.4) is 0 Å². The summed E-state index contributed by atoms with van der Waals surface area (Å²) in [6.45, 7) is 10.2. The first-order valence-electron chi connectivity index (χ1n) is 9.69. The lowest BCUT2D eigenvalue weighted by Gasteiger charge is -2.23. The SMILES string of the molecule is CCC(=O)Nc1cc(NC(=O)COc2ccc(C(C)(C)CC)cc2)ccc1C. The molecule has 0 bridgehead atoms. The van der Waals surface area contributed by atoms with Gasteiger partial charge in [-0.25, -0.2) is 0 Å². The number of nitrogens with one attached hydrogen (secondary N) is 2. The highest BCUT2D eigenvalue weighted by atomic mass is 16.5. The zero-order chi connectivity index (χ0) is 20.7. The molecule has 2 aromatic carbocycles. The average Bonchev–Trinajstić information content (AvgIpc) is 2.69. The van der Waals surface area contributed by atoms with Crippen molar-refractivity contribution in [1.82, 2.24) is 0 Å². The van der Waals surface area contributed by atoms with Crippen molar-refractivity contribution in [3.63, 3.8) is 0 Å². The Morgan fingerprint density at radius 2 is 1.64 bits per heavy atom. The van der Waals surface area contributed by atoms with Gasteiger partial charge >= 0.3 is 0 Å². The van der Waals surface area contributed by atoms with E-state index in [-0.39, 0.29) is 23.8 Å². The molecule has 0 spiro atoms. The number of benzene rings is 2. The van der Waals surface area contributed by atoms with Crippen LogP contribution in [0.5, 0.6) is 5.75 Å². The molecule has 2 amide bonds. The number of amides is 2. The fourth-order valence-corrected chi connectivity index (χ4v) is 2.63. The summed E-state index contributed by atoms with van der Waals surface area (Å²) in [5.41, 5.74) is 3.61. The molecule has 0 fully saturated rings. The Kier molecular flexibility index (Phi) is 7.21. The molecule has 5 nitrogen and oxygen atoms in total. The van der Waals surface area contributed by atoms with Crippen LogP contribution in [-0.4, -0.2) is 18.4 Å². The first-order chi connectivity index (χ1) is 13.2. The molecule has 0 aliphatic heterocycles. The molecule has 0 aliphatic rings. The minimum absolute atomic E-state index is 0.0652. The summed E-state index contributed by atoms with van der Waals surface area (Å²) in [6.07, 6.45) is 1.45. The lowest BCUT2D eigenvalue weighted by atomic mass is 9.82. The summed E-state index contributed by atoms with van der Waals surface area (Å²) in [7, 11) is 0. The van der Waals surface area contributed by atoms with E-state index in [0.29, 0.717) is 23.5 Å². The van der Waals surface area contributed by atoms with Gasteiger partial charge in [0.15, 0.2) is 6.61 Å². The molecule has 0 aliphatic carbocycles. The Balaban J connectivity index is 1.94. The molecule has 0 atom stereocenters. The quantitative estimate of drug-likeness (QED) is 0.671. The first-order valence-corrected chi connectivity index (χ1v) is 9.69. The van der Waals surface area contributed by atoms with Crippen LogP contribution in [-0.2, 0) is 15.0 Å². The maximum Gasteiger partial charge on any atom is 0.262 e. The number of carbonyl (C=O) groups excluding carboxylic acids is 2. The second-order valence-electron chi connectivity index (χ2n) is 7.53. The standard InChI is InChI=1S/C23H30N2O3/c1-6-21(26)25-20-14-18(11-8-16(20)3)24-22(27)15-28-19-12-9-17(10-13-19)23(4,5)7-2/h8-14H,6-7,15H2,1-5H3,(H,24,27)(H,25,26). The van der Waals surface area contributed by atoms with Gasteiger partial charge in [-0.2, -0.15) is 0 Å². The lowest BCUT2D eigenvalue weighted by molar-refractivity contribution is -0.118. The topological polar surface area (TPSA) is 67.4 Å². The van der Waals surface area contributed by atoms with Gasteiger partial charge in [-0.3, -0.25) is 9.59 Å². The molecule has 0 radical (unpaired) electrons. The first kappa shape index (κ1) is 21.5. The molecule has 2 aromatic rings. The van der Waals surface area contributed by atoms with Crippen LogP contribution in [0.2, 0.25) is 0 Å². The van der Waals surface area contributed by atoms with Gasteiger partial charge in [0, 0.05) is 17.8 Å². The smallest absolute Gasteiger partial charge is 0.262 e. The van der Waals surface area contributed by atoms with Gasteiger partial charge in [0.25, 0.3) is 5.91 Å². The van der Waals surface area contributed by atoms with Crippen molar-refractivity contribution in [2.24, 2.45) is 0 Å². The fraction of sp³-hybridized carbons (Fsp3) is 0.391. The molecule has 28 heavy (non-hydrogen) atoms. The molecule has 0 heterocycles. The van der Waals surface area contributed by atoms with Crippen molar-refractivity contribution in [1.29, 1.82) is 0 Å². The summed E-state index contributed by atoms with van der Waals surface area (Å²) in [6, 6.07) is 13.3. The van der Waals surface area contributed by atoms with Crippen LogP contribution >= 0.6 is 0 Å². The molecule has 0 unspecified atom stereocenters. The van der Waals surface area contributed by atoms with Crippen molar-refractivity contribution < 1.29 is 14.3 Å². The van der Waals surface area contributed by atoms with E-state index < -0.39 is 0 Å². The number of ether oxygens (including phenoxy) is 1.